The monoisotopic (exact) mass is 525 g/mol. The van der Waals surface area contributed by atoms with Crippen molar-refractivity contribution < 1.29 is 14.2 Å². The zero-order valence-corrected chi connectivity index (χ0v) is 22.4. The quantitative estimate of drug-likeness (QED) is 0.328. The van der Waals surface area contributed by atoms with Crippen LogP contribution in [0.2, 0.25) is 0 Å². The highest BCUT2D eigenvalue weighted by molar-refractivity contribution is 6.05. The zero-order chi connectivity index (χ0) is 27.6. The van der Waals surface area contributed by atoms with Crippen molar-refractivity contribution >= 4 is 29.7 Å². The van der Waals surface area contributed by atoms with Gasteiger partial charge in [0.2, 0.25) is 11.6 Å². The minimum absolute atomic E-state index is 0.0343. The number of amidine groups is 1. The zero-order valence-electron chi connectivity index (χ0n) is 22.4. The number of allylic oxidation sites excluding steroid dienone is 1. The fraction of sp³-hybridized carbons (Fsp3) is 0.276. The molecule has 0 bridgehead atoms. The highest BCUT2D eigenvalue weighted by Crippen LogP contribution is 2.37. The van der Waals surface area contributed by atoms with Crippen molar-refractivity contribution in [1.82, 2.24) is 14.8 Å². The first-order valence-electron chi connectivity index (χ1n) is 12.9. The Morgan fingerprint density at radius 2 is 2.03 bits per heavy atom. The van der Waals surface area contributed by atoms with Crippen LogP contribution in [0.25, 0.3) is 0 Å². The van der Waals surface area contributed by atoms with Crippen molar-refractivity contribution in [1.29, 1.82) is 0 Å². The van der Waals surface area contributed by atoms with Crippen LogP contribution in [0.15, 0.2) is 88.5 Å². The number of benzene rings is 1. The lowest BCUT2D eigenvalue weighted by Gasteiger charge is -2.27. The summed E-state index contributed by atoms with van der Waals surface area (Å²) < 4.78 is -0.146. The number of likely N-dealkylation sites (N-methyl/N-ethyl adjacent to an activating group) is 1. The molecule has 2 atom stereocenters. The standard InChI is InChI=1S/C29H32N8O2/c1-20-12-13-32-25(18-20)33-29(39)22-10-8-21(9-11-22)28-34-27(24-19-31-14-17-37(24,28)30)23-6-4-16-36(23)26(38)7-5-15-35(2)3/h5,7-14,17-19,23H,4,6,15-16,30H2,1-3H3/p+1/b7-5+. The number of nitrogens with zero attached hydrogens (tertiary/aromatic N) is 6. The number of pyridine rings is 1. The average Bonchev–Trinajstić information content (AvgIpc) is 3.51. The van der Waals surface area contributed by atoms with E-state index in [1.54, 1.807) is 43.0 Å². The molecule has 10 heteroatoms. The highest BCUT2D eigenvalue weighted by Gasteiger charge is 2.48. The van der Waals surface area contributed by atoms with Crippen LogP contribution in [0.1, 0.15) is 34.3 Å². The first kappa shape index (κ1) is 26.4. The van der Waals surface area contributed by atoms with E-state index < -0.39 is 0 Å². The van der Waals surface area contributed by atoms with Gasteiger partial charge in [-0.3, -0.25) is 14.6 Å². The van der Waals surface area contributed by atoms with E-state index in [4.69, 9.17) is 10.8 Å². The molecule has 10 nitrogen and oxygen atoms in total. The molecular weight excluding hydrogens is 492 g/mol. The van der Waals surface area contributed by atoms with E-state index in [0.717, 1.165) is 35.4 Å². The molecule has 5 rings (SSSR count). The lowest BCUT2D eigenvalue weighted by atomic mass is 10.1. The minimum Gasteiger partial charge on any atom is -0.330 e. The number of amides is 2. The van der Waals surface area contributed by atoms with Crippen LogP contribution in [0.4, 0.5) is 5.82 Å². The van der Waals surface area contributed by atoms with Crippen molar-refractivity contribution in [2.45, 2.75) is 25.8 Å². The molecule has 0 spiro atoms. The number of nitrogens with one attached hydrogen (secondary N) is 1. The van der Waals surface area contributed by atoms with Gasteiger partial charge in [-0.25, -0.2) is 4.98 Å². The molecule has 0 radical (unpaired) electrons. The highest BCUT2D eigenvalue weighted by atomic mass is 16.2. The molecule has 1 aromatic carbocycles. The number of rotatable bonds is 7. The van der Waals surface area contributed by atoms with E-state index in [1.165, 1.54) is 0 Å². The van der Waals surface area contributed by atoms with Gasteiger partial charge in [-0.05, 0) is 75.8 Å². The fourth-order valence-corrected chi connectivity index (χ4v) is 4.99. The molecule has 39 heavy (non-hydrogen) atoms. The van der Waals surface area contributed by atoms with E-state index >= 15 is 0 Å². The number of likely N-dealkylation sites (tertiary alicyclic amines) is 1. The Labute approximate surface area is 228 Å². The van der Waals surface area contributed by atoms with E-state index in [9.17, 15) is 9.59 Å². The third-order valence-corrected chi connectivity index (χ3v) is 6.97. The number of carbonyl (C=O) groups is 2. The molecule has 1 fully saturated rings. The third kappa shape index (κ3) is 5.35. The van der Waals surface area contributed by atoms with Gasteiger partial charge >= 0.3 is 0 Å². The number of hydrogen-bond acceptors (Lipinski definition) is 7. The van der Waals surface area contributed by atoms with E-state index in [-0.39, 0.29) is 22.4 Å². The number of quaternary nitrogens is 1. The molecule has 0 aliphatic carbocycles. The van der Waals surface area contributed by atoms with Crippen LogP contribution in [-0.2, 0) is 4.79 Å². The summed E-state index contributed by atoms with van der Waals surface area (Å²) in [5.41, 5.74) is 3.76. The Kier molecular flexibility index (Phi) is 7.34. The Balaban J connectivity index is 1.40. The second-order valence-electron chi connectivity index (χ2n) is 10.2. The van der Waals surface area contributed by atoms with Gasteiger partial charge in [0.1, 0.15) is 17.7 Å². The summed E-state index contributed by atoms with van der Waals surface area (Å²) >= 11 is 0. The number of aromatic nitrogens is 1. The second-order valence-corrected chi connectivity index (χ2v) is 10.2. The Bertz CT molecular complexity index is 1440. The van der Waals surface area contributed by atoms with Gasteiger partial charge in [-0.2, -0.15) is 10.8 Å². The molecule has 3 aliphatic heterocycles. The number of aliphatic imine (C=N–C) groups is 2. The molecule has 1 aromatic heterocycles. The van der Waals surface area contributed by atoms with E-state index in [0.29, 0.717) is 30.3 Å². The first-order valence-corrected chi connectivity index (χ1v) is 12.9. The first-order chi connectivity index (χ1) is 18.8. The summed E-state index contributed by atoms with van der Waals surface area (Å²) in [4.78, 5) is 43.3. The van der Waals surface area contributed by atoms with E-state index in [2.05, 4.69) is 15.3 Å². The smallest absolute Gasteiger partial charge is 0.264 e. The largest absolute Gasteiger partial charge is 0.330 e. The molecular formula is C29H33N8O2+. The minimum atomic E-state index is -0.253. The normalized spacial score (nSPS) is 22.1. The van der Waals surface area contributed by atoms with Gasteiger partial charge in [-0.15, -0.1) is 4.59 Å². The Hall–Kier alpha value is -4.25. The molecule has 1 saturated heterocycles. The van der Waals surface area contributed by atoms with Gasteiger partial charge < -0.3 is 15.1 Å². The second kappa shape index (κ2) is 10.9. The van der Waals surface area contributed by atoms with Crippen LogP contribution in [-0.4, -0.2) is 76.5 Å². The molecule has 200 valence electrons. The SMILES string of the molecule is Cc1ccnc(NC(=O)c2ccc(C3=NC(C4CCCN4C(=O)/C=C/CN(C)C)=C4C=NC=C[N+]34N)cc2)c1. The predicted octanol–water partition coefficient (Wildman–Crippen LogP) is 2.97. The number of aryl methyl sites for hydroxylation is 1. The summed E-state index contributed by atoms with van der Waals surface area (Å²) in [5.74, 6) is 7.73. The number of carbonyl (C=O) groups excluding carboxylic acids is 2. The molecule has 2 amide bonds. The lowest BCUT2D eigenvalue weighted by Crippen LogP contribution is -2.53. The molecule has 0 saturated carbocycles. The van der Waals surface area contributed by atoms with Gasteiger partial charge in [0, 0.05) is 30.9 Å². The summed E-state index contributed by atoms with van der Waals surface area (Å²) in [6, 6.07) is 10.7. The fourth-order valence-electron chi connectivity index (χ4n) is 4.99. The summed E-state index contributed by atoms with van der Waals surface area (Å²) in [6.07, 6.45) is 12.0. The van der Waals surface area contributed by atoms with Crippen LogP contribution in [0.5, 0.6) is 0 Å². The maximum Gasteiger partial charge on any atom is 0.264 e. The Morgan fingerprint density at radius 1 is 1.23 bits per heavy atom. The van der Waals surface area contributed by atoms with Crippen LogP contribution in [0.3, 0.4) is 0 Å². The van der Waals surface area contributed by atoms with Crippen molar-refractivity contribution in [2.24, 2.45) is 15.8 Å². The molecule has 2 unspecified atom stereocenters. The van der Waals surface area contributed by atoms with Crippen LogP contribution in [0, 0.1) is 6.92 Å². The van der Waals surface area contributed by atoms with E-state index in [1.807, 2.05) is 61.2 Å². The summed E-state index contributed by atoms with van der Waals surface area (Å²) in [5, 5.41) is 2.83. The molecule has 4 heterocycles. The van der Waals surface area contributed by atoms with Crippen molar-refractivity contribution in [3.8, 4) is 0 Å². The predicted molar refractivity (Wildman–Crippen MR) is 151 cm³/mol. The van der Waals surface area contributed by atoms with Gasteiger partial charge in [-0.1, -0.05) is 6.08 Å². The summed E-state index contributed by atoms with van der Waals surface area (Å²) in [7, 11) is 3.92. The molecule has 3 aliphatic rings. The number of nitrogens with two attached hydrogens (primary N) is 1. The third-order valence-electron chi connectivity index (χ3n) is 6.97. The lowest BCUT2D eigenvalue weighted by molar-refractivity contribution is -0.750. The van der Waals surface area contributed by atoms with Crippen molar-refractivity contribution in [3.05, 3.63) is 95.2 Å². The average molecular weight is 526 g/mol. The molecule has 3 N–H and O–H groups in total. The van der Waals surface area contributed by atoms with Gasteiger partial charge in [0.25, 0.3) is 11.7 Å². The van der Waals surface area contributed by atoms with Crippen molar-refractivity contribution in [3.63, 3.8) is 0 Å². The topological polar surface area (TPSA) is 116 Å². The maximum absolute atomic E-state index is 13.1. The number of fused-ring (bicyclic) bond motifs is 1. The van der Waals surface area contributed by atoms with Gasteiger partial charge in [0.15, 0.2) is 0 Å². The molecule has 2 aromatic rings. The Morgan fingerprint density at radius 3 is 2.77 bits per heavy atom. The van der Waals surface area contributed by atoms with Gasteiger partial charge in [0.05, 0.1) is 24.0 Å². The van der Waals surface area contributed by atoms with Crippen LogP contribution >= 0.6 is 0 Å². The summed E-state index contributed by atoms with van der Waals surface area (Å²) in [6.45, 7) is 3.30. The number of hydrogen-bond donors (Lipinski definition) is 2. The number of anilines is 1. The maximum atomic E-state index is 13.1. The van der Waals surface area contributed by atoms with Crippen LogP contribution < -0.4 is 11.2 Å². The van der Waals surface area contributed by atoms with Crippen molar-refractivity contribution in [2.75, 3.05) is 32.5 Å².